The number of fused-ring (bicyclic) bond motifs is 7. The van der Waals surface area contributed by atoms with Crippen molar-refractivity contribution in [1.82, 2.24) is 0 Å². The second kappa shape index (κ2) is 6.39. The lowest BCUT2D eigenvalue weighted by atomic mass is 9.34. The summed E-state index contributed by atoms with van der Waals surface area (Å²) in [6.45, 7) is 17.8. The summed E-state index contributed by atoms with van der Waals surface area (Å²) in [5, 5.41) is 10.7. The maximum Gasteiger partial charge on any atom is 0.0628 e. The van der Waals surface area contributed by atoms with E-state index in [4.69, 9.17) is 0 Å². The first kappa shape index (κ1) is 21.5. The van der Waals surface area contributed by atoms with Gasteiger partial charge in [0.05, 0.1) is 6.10 Å². The molecule has 1 N–H and O–H groups in total. The van der Waals surface area contributed by atoms with Gasteiger partial charge < -0.3 is 5.11 Å². The van der Waals surface area contributed by atoms with Crippen LogP contribution in [-0.4, -0.2) is 11.2 Å². The van der Waals surface area contributed by atoms with Gasteiger partial charge in [-0.3, -0.25) is 0 Å². The average molecular weight is 413 g/mol. The predicted octanol–water partition coefficient (Wildman–Crippen LogP) is 7.78. The van der Waals surface area contributed by atoms with E-state index in [0.29, 0.717) is 21.7 Å². The molecule has 0 aliphatic heterocycles. The van der Waals surface area contributed by atoms with E-state index in [0.717, 1.165) is 30.1 Å². The summed E-state index contributed by atoms with van der Waals surface area (Å²) in [7, 11) is 0. The highest BCUT2D eigenvalue weighted by molar-refractivity contribution is 5.28. The standard InChI is InChI=1S/C29H48O/c1-25(2)14-15-27(5)16-17-28(6)22-10-9-21-19(8-11-24(30)26(21,3)4)20(22)12-13-29(28,7)23(27)18-25/h9,19-20,22-24,30H,8,10-18H2,1-7H3. The molecule has 0 aromatic rings. The molecule has 0 bridgehead atoms. The molecule has 1 heteroatoms. The van der Waals surface area contributed by atoms with Crippen LogP contribution in [-0.2, 0) is 0 Å². The fourth-order valence-electron chi connectivity index (χ4n) is 9.98. The van der Waals surface area contributed by atoms with Crippen molar-refractivity contribution in [2.75, 3.05) is 0 Å². The first-order valence-electron chi connectivity index (χ1n) is 13.2. The molecule has 8 unspecified atom stereocenters. The van der Waals surface area contributed by atoms with Gasteiger partial charge in [0.1, 0.15) is 0 Å². The molecule has 4 fully saturated rings. The zero-order valence-corrected chi connectivity index (χ0v) is 21.0. The fourth-order valence-corrected chi connectivity index (χ4v) is 9.98. The number of aliphatic hydroxyl groups is 1. The van der Waals surface area contributed by atoms with Crippen molar-refractivity contribution in [3.63, 3.8) is 0 Å². The van der Waals surface area contributed by atoms with E-state index in [-0.39, 0.29) is 11.5 Å². The van der Waals surface area contributed by atoms with Crippen LogP contribution >= 0.6 is 0 Å². The molecule has 1 nitrogen and oxygen atoms in total. The third-order valence-electron chi connectivity index (χ3n) is 12.4. The molecular formula is C29H48O. The predicted molar refractivity (Wildman–Crippen MR) is 126 cm³/mol. The monoisotopic (exact) mass is 412 g/mol. The molecule has 5 rings (SSSR count). The van der Waals surface area contributed by atoms with E-state index in [1.165, 1.54) is 57.8 Å². The Kier molecular flexibility index (Phi) is 4.59. The smallest absolute Gasteiger partial charge is 0.0628 e. The summed E-state index contributed by atoms with van der Waals surface area (Å²) in [6.07, 6.45) is 16.0. The van der Waals surface area contributed by atoms with Crippen LogP contribution in [0.4, 0.5) is 0 Å². The molecule has 5 aliphatic rings. The van der Waals surface area contributed by atoms with Crippen LogP contribution < -0.4 is 0 Å². The minimum atomic E-state index is -0.152. The Morgan fingerprint density at radius 1 is 0.800 bits per heavy atom. The molecule has 0 radical (unpaired) electrons. The zero-order valence-electron chi connectivity index (χ0n) is 21.0. The number of rotatable bonds is 0. The van der Waals surface area contributed by atoms with Gasteiger partial charge in [-0.25, -0.2) is 0 Å². The summed E-state index contributed by atoms with van der Waals surface area (Å²) < 4.78 is 0. The van der Waals surface area contributed by atoms with Crippen LogP contribution in [0, 0.1) is 50.7 Å². The number of hydrogen-bond acceptors (Lipinski definition) is 1. The van der Waals surface area contributed by atoms with Gasteiger partial charge in [-0.1, -0.05) is 60.1 Å². The van der Waals surface area contributed by atoms with Crippen molar-refractivity contribution in [3.8, 4) is 0 Å². The lowest BCUT2D eigenvalue weighted by Gasteiger charge is -2.71. The Hall–Kier alpha value is -0.300. The molecular weight excluding hydrogens is 364 g/mol. The zero-order chi connectivity index (χ0) is 21.7. The Labute approximate surface area is 186 Å². The summed E-state index contributed by atoms with van der Waals surface area (Å²) in [5.41, 5.74) is 3.67. The Morgan fingerprint density at radius 3 is 2.23 bits per heavy atom. The van der Waals surface area contributed by atoms with Crippen molar-refractivity contribution in [1.29, 1.82) is 0 Å². The van der Waals surface area contributed by atoms with Crippen LogP contribution in [0.15, 0.2) is 11.6 Å². The molecule has 0 heterocycles. The SMILES string of the molecule is CC1(C)CCC2(C)CCC3(C)C4CC=C5C(CCC(O)C5(C)C)C4CCC3(C)C2C1. The average Bonchev–Trinajstić information content (AvgIpc) is 2.67. The highest BCUT2D eigenvalue weighted by atomic mass is 16.3. The molecule has 4 saturated carbocycles. The second-order valence-corrected chi connectivity index (χ2v) is 14.5. The van der Waals surface area contributed by atoms with Gasteiger partial charge in [0.15, 0.2) is 0 Å². The third-order valence-corrected chi connectivity index (χ3v) is 12.4. The highest BCUT2D eigenvalue weighted by Gasteiger charge is 2.66. The van der Waals surface area contributed by atoms with E-state index >= 15 is 0 Å². The molecule has 170 valence electrons. The molecule has 8 atom stereocenters. The van der Waals surface area contributed by atoms with Crippen LogP contribution in [0.25, 0.3) is 0 Å². The van der Waals surface area contributed by atoms with Crippen LogP contribution in [0.3, 0.4) is 0 Å². The van der Waals surface area contributed by atoms with Gasteiger partial charge in [0, 0.05) is 5.41 Å². The first-order valence-corrected chi connectivity index (χ1v) is 13.2. The van der Waals surface area contributed by atoms with Gasteiger partial charge >= 0.3 is 0 Å². The first-order chi connectivity index (χ1) is 13.8. The number of aliphatic hydroxyl groups excluding tert-OH is 1. The molecule has 5 aliphatic carbocycles. The quantitative estimate of drug-likeness (QED) is 0.403. The van der Waals surface area contributed by atoms with Crippen molar-refractivity contribution in [2.45, 2.75) is 119 Å². The van der Waals surface area contributed by atoms with Crippen molar-refractivity contribution in [3.05, 3.63) is 11.6 Å². The van der Waals surface area contributed by atoms with Gasteiger partial charge in [-0.15, -0.1) is 0 Å². The van der Waals surface area contributed by atoms with Crippen molar-refractivity contribution >= 4 is 0 Å². The van der Waals surface area contributed by atoms with Gasteiger partial charge in [-0.05, 0) is 110 Å². The normalized spacial score (nSPS) is 54.1. The van der Waals surface area contributed by atoms with E-state index < -0.39 is 0 Å². The maximum atomic E-state index is 10.7. The third kappa shape index (κ3) is 2.69. The molecule has 0 saturated heterocycles. The van der Waals surface area contributed by atoms with Crippen LogP contribution in [0.5, 0.6) is 0 Å². The summed E-state index contributed by atoms with van der Waals surface area (Å²) >= 11 is 0. The van der Waals surface area contributed by atoms with E-state index in [1.807, 2.05) is 0 Å². The van der Waals surface area contributed by atoms with E-state index in [9.17, 15) is 5.11 Å². The second-order valence-electron chi connectivity index (χ2n) is 14.5. The lowest BCUT2D eigenvalue weighted by molar-refractivity contribution is -0.210. The maximum absolute atomic E-state index is 10.7. The molecule has 30 heavy (non-hydrogen) atoms. The Balaban J connectivity index is 1.52. The highest BCUT2D eigenvalue weighted by Crippen LogP contribution is 2.74. The topological polar surface area (TPSA) is 20.2 Å². The number of allylic oxidation sites excluding steroid dienone is 1. The minimum absolute atomic E-state index is 0.0198. The van der Waals surface area contributed by atoms with Crippen LogP contribution in [0.2, 0.25) is 0 Å². The Bertz CT molecular complexity index is 745. The fraction of sp³-hybridized carbons (Fsp3) is 0.931. The molecule has 0 amide bonds. The summed E-state index contributed by atoms with van der Waals surface area (Å²) in [5.74, 6) is 3.34. The van der Waals surface area contributed by atoms with Crippen LogP contribution in [0.1, 0.15) is 113 Å². The summed E-state index contributed by atoms with van der Waals surface area (Å²) in [6, 6.07) is 0. The van der Waals surface area contributed by atoms with E-state index in [2.05, 4.69) is 54.5 Å². The van der Waals surface area contributed by atoms with Gasteiger partial charge in [-0.2, -0.15) is 0 Å². The van der Waals surface area contributed by atoms with Gasteiger partial charge in [0.2, 0.25) is 0 Å². The lowest BCUT2D eigenvalue weighted by Crippen LogP contribution is -2.63. The molecule has 0 spiro atoms. The summed E-state index contributed by atoms with van der Waals surface area (Å²) in [4.78, 5) is 0. The molecule has 0 aromatic heterocycles. The largest absolute Gasteiger partial charge is 0.392 e. The van der Waals surface area contributed by atoms with Crippen molar-refractivity contribution < 1.29 is 5.11 Å². The minimum Gasteiger partial charge on any atom is -0.392 e. The molecule has 0 aromatic carbocycles. The van der Waals surface area contributed by atoms with Crippen molar-refractivity contribution in [2.24, 2.45) is 50.7 Å². The Morgan fingerprint density at radius 2 is 1.50 bits per heavy atom. The number of hydrogen-bond donors (Lipinski definition) is 1. The van der Waals surface area contributed by atoms with Gasteiger partial charge in [0.25, 0.3) is 0 Å². The van der Waals surface area contributed by atoms with E-state index in [1.54, 1.807) is 5.57 Å².